The topological polar surface area (TPSA) is 112 Å². The third-order valence-corrected chi connectivity index (χ3v) is 2.81. The Balaban J connectivity index is 2.25. The highest BCUT2D eigenvalue weighted by Crippen LogP contribution is 2.16. The van der Waals surface area contributed by atoms with E-state index in [1.807, 2.05) is 0 Å². The molecule has 0 atom stereocenters. The van der Waals surface area contributed by atoms with E-state index in [9.17, 15) is 14.4 Å². The van der Waals surface area contributed by atoms with Crippen molar-refractivity contribution in [2.45, 2.75) is 0 Å². The first-order valence-corrected chi connectivity index (χ1v) is 6.20. The lowest BCUT2D eigenvalue weighted by molar-refractivity contribution is -0.135. The van der Waals surface area contributed by atoms with Gasteiger partial charge in [0.25, 0.3) is 11.5 Å². The van der Waals surface area contributed by atoms with Crippen LogP contribution in [-0.4, -0.2) is 33.5 Å². The summed E-state index contributed by atoms with van der Waals surface area (Å²) in [6.45, 7) is -0.572. The Morgan fingerprint density at radius 1 is 1.29 bits per heavy atom. The number of halogens is 1. The SMILES string of the molecule is O=C(O)CNC(=O)c1cnc(-c2ccc(Cl)cc2)[nH]c1=O. The van der Waals surface area contributed by atoms with E-state index < -0.39 is 24.0 Å². The lowest BCUT2D eigenvalue weighted by atomic mass is 10.2. The molecule has 1 amide bonds. The van der Waals surface area contributed by atoms with Crippen LogP contribution in [0.5, 0.6) is 0 Å². The maximum absolute atomic E-state index is 11.8. The van der Waals surface area contributed by atoms with Gasteiger partial charge in [-0.2, -0.15) is 0 Å². The molecule has 0 aliphatic carbocycles. The molecular formula is C13H10ClN3O4. The summed E-state index contributed by atoms with van der Waals surface area (Å²) in [6.07, 6.45) is 1.10. The molecule has 0 spiro atoms. The number of H-pyrrole nitrogens is 1. The second kappa shape index (κ2) is 6.19. The number of carbonyl (C=O) groups excluding carboxylic acids is 1. The van der Waals surface area contributed by atoms with Crippen molar-refractivity contribution >= 4 is 23.5 Å². The number of benzene rings is 1. The molecule has 108 valence electrons. The standard InChI is InChI=1S/C13H10ClN3O4/c14-8-3-1-7(2-4-8)11-15-5-9(13(21)17-11)12(20)16-6-10(18)19/h1-5H,6H2,(H,16,20)(H,18,19)(H,15,17,21). The average Bonchev–Trinajstić information content (AvgIpc) is 2.45. The Morgan fingerprint density at radius 3 is 2.52 bits per heavy atom. The van der Waals surface area contributed by atoms with Crippen LogP contribution in [0.2, 0.25) is 5.02 Å². The first-order valence-electron chi connectivity index (χ1n) is 5.82. The summed E-state index contributed by atoms with van der Waals surface area (Å²) in [5.74, 6) is -1.72. The summed E-state index contributed by atoms with van der Waals surface area (Å²) in [5.41, 5.74) is -0.277. The summed E-state index contributed by atoms with van der Waals surface area (Å²) in [5, 5.41) is 11.1. The second-order valence-corrected chi connectivity index (χ2v) is 4.49. The molecule has 7 nitrogen and oxygen atoms in total. The van der Waals surface area contributed by atoms with Crippen LogP contribution < -0.4 is 10.9 Å². The normalized spacial score (nSPS) is 10.1. The molecule has 2 aromatic rings. The van der Waals surface area contributed by atoms with Crippen molar-refractivity contribution in [3.8, 4) is 11.4 Å². The fraction of sp³-hybridized carbons (Fsp3) is 0.0769. The molecule has 8 heteroatoms. The molecule has 0 unspecified atom stereocenters. The van der Waals surface area contributed by atoms with E-state index in [4.69, 9.17) is 16.7 Å². The van der Waals surface area contributed by atoms with Crippen molar-refractivity contribution in [3.05, 3.63) is 51.4 Å². The number of amides is 1. The summed E-state index contributed by atoms with van der Waals surface area (Å²) in [7, 11) is 0. The van der Waals surface area contributed by atoms with Crippen LogP contribution in [0.1, 0.15) is 10.4 Å². The van der Waals surface area contributed by atoms with Crippen LogP contribution >= 0.6 is 11.6 Å². The van der Waals surface area contributed by atoms with Crippen molar-refractivity contribution in [1.29, 1.82) is 0 Å². The molecular weight excluding hydrogens is 298 g/mol. The van der Waals surface area contributed by atoms with E-state index in [1.54, 1.807) is 24.3 Å². The zero-order valence-electron chi connectivity index (χ0n) is 10.6. The molecule has 0 aliphatic rings. The first-order chi connectivity index (χ1) is 9.97. The Hall–Kier alpha value is -2.67. The second-order valence-electron chi connectivity index (χ2n) is 4.06. The van der Waals surface area contributed by atoms with Gasteiger partial charge in [0.1, 0.15) is 17.9 Å². The van der Waals surface area contributed by atoms with Crippen LogP contribution in [-0.2, 0) is 4.79 Å². The number of rotatable bonds is 4. The van der Waals surface area contributed by atoms with Crippen molar-refractivity contribution in [2.24, 2.45) is 0 Å². The highest BCUT2D eigenvalue weighted by Gasteiger charge is 2.13. The largest absolute Gasteiger partial charge is 0.480 e. The Morgan fingerprint density at radius 2 is 1.95 bits per heavy atom. The van der Waals surface area contributed by atoms with E-state index in [2.05, 4.69) is 15.3 Å². The number of carboxylic acids is 1. The fourth-order valence-electron chi connectivity index (χ4n) is 1.56. The number of aromatic nitrogens is 2. The maximum atomic E-state index is 11.8. The molecule has 0 bridgehead atoms. The van der Waals surface area contributed by atoms with E-state index >= 15 is 0 Å². The highest BCUT2D eigenvalue weighted by atomic mass is 35.5. The van der Waals surface area contributed by atoms with Crippen LogP contribution in [0.25, 0.3) is 11.4 Å². The quantitative estimate of drug-likeness (QED) is 0.777. The summed E-state index contributed by atoms with van der Waals surface area (Å²) < 4.78 is 0. The first kappa shape index (κ1) is 14.7. The molecule has 0 aliphatic heterocycles. The number of nitrogens with one attached hydrogen (secondary N) is 2. The molecule has 1 aromatic carbocycles. The van der Waals surface area contributed by atoms with Gasteiger partial charge in [0.15, 0.2) is 0 Å². The van der Waals surface area contributed by atoms with Gasteiger partial charge < -0.3 is 15.4 Å². The molecule has 0 saturated heterocycles. The molecule has 1 aromatic heterocycles. The Kier molecular flexibility index (Phi) is 4.34. The fourth-order valence-corrected chi connectivity index (χ4v) is 1.69. The van der Waals surface area contributed by atoms with Gasteiger partial charge in [0.05, 0.1) is 0 Å². The summed E-state index contributed by atoms with van der Waals surface area (Å²) >= 11 is 5.76. The molecule has 21 heavy (non-hydrogen) atoms. The lowest BCUT2D eigenvalue weighted by Gasteiger charge is -2.04. The Bertz CT molecular complexity index is 740. The van der Waals surface area contributed by atoms with Gasteiger partial charge in [-0.1, -0.05) is 11.6 Å². The molecule has 3 N–H and O–H groups in total. The third kappa shape index (κ3) is 3.67. The number of carbonyl (C=O) groups is 2. The molecule has 1 heterocycles. The molecule has 2 rings (SSSR count). The van der Waals surface area contributed by atoms with E-state index in [1.165, 1.54) is 0 Å². The lowest BCUT2D eigenvalue weighted by Crippen LogP contribution is -2.33. The number of carboxylic acid groups (broad SMARTS) is 1. The minimum Gasteiger partial charge on any atom is -0.480 e. The van der Waals surface area contributed by atoms with Crippen molar-refractivity contribution in [3.63, 3.8) is 0 Å². The van der Waals surface area contributed by atoms with E-state index in [-0.39, 0.29) is 11.4 Å². The van der Waals surface area contributed by atoms with Crippen molar-refractivity contribution < 1.29 is 14.7 Å². The number of aromatic amines is 1. The zero-order chi connectivity index (χ0) is 15.4. The maximum Gasteiger partial charge on any atom is 0.322 e. The molecule has 0 radical (unpaired) electrons. The van der Waals surface area contributed by atoms with Gasteiger partial charge in [0, 0.05) is 16.8 Å². The number of aliphatic carboxylic acids is 1. The van der Waals surface area contributed by atoms with Crippen LogP contribution in [0.3, 0.4) is 0 Å². The number of nitrogens with zero attached hydrogens (tertiary/aromatic N) is 1. The van der Waals surface area contributed by atoms with Crippen LogP contribution in [0.15, 0.2) is 35.3 Å². The third-order valence-electron chi connectivity index (χ3n) is 2.56. The van der Waals surface area contributed by atoms with E-state index in [0.717, 1.165) is 6.20 Å². The van der Waals surface area contributed by atoms with Crippen molar-refractivity contribution in [1.82, 2.24) is 15.3 Å². The van der Waals surface area contributed by atoms with E-state index in [0.29, 0.717) is 10.6 Å². The predicted octanol–water partition coefficient (Wildman–Crippen LogP) is 0.905. The smallest absolute Gasteiger partial charge is 0.322 e. The van der Waals surface area contributed by atoms with Gasteiger partial charge in [0.2, 0.25) is 0 Å². The number of hydrogen-bond acceptors (Lipinski definition) is 4. The van der Waals surface area contributed by atoms with Crippen molar-refractivity contribution in [2.75, 3.05) is 6.54 Å². The zero-order valence-corrected chi connectivity index (χ0v) is 11.3. The minimum absolute atomic E-state index is 0.256. The average molecular weight is 308 g/mol. The monoisotopic (exact) mass is 307 g/mol. The molecule has 0 saturated carbocycles. The highest BCUT2D eigenvalue weighted by molar-refractivity contribution is 6.30. The van der Waals surface area contributed by atoms with Gasteiger partial charge in [-0.3, -0.25) is 14.4 Å². The molecule has 0 fully saturated rings. The minimum atomic E-state index is -1.20. The van der Waals surface area contributed by atoms with Crippen LogP contribution in [0, 0.1) is 0 Å². The Labute approximate surface area is 123 Å². The van der Waals surface area contributed by atoms with Gasteiger partial charge in [-0.25, -0.2) is 4.98 Å². The van der Waals surface area contributed by atoms with Gasteiger partial charge >= 0.3 is 5.97 Å². The predicted molar refractivity (Wildman–Crippen MR) is 75.3 cm³/mol. The number of hydrogen-bond donors (Lipinski definition) is 3. The van der Waals surface area contributed by atoms with Crippen LogP contribution in [0.4, 0.5) is 0 Å². The van der Waals surface area contributed by atoms with Gasteiger partial charge in [-0.15, -0.1) is 0 Å². The van der Waals surface area contributed by atoms with Gasteiger partial charge in [-0.05, 0) is 24.3 Å². The summed E-state index contributed by atoms with van der Waals surface area (Å²) in [6, 6.07) is 6.63. The summed E-state index contributed by atoms with van der Waals surface area (Å²) in [4.78, 5) is 40.2.